The first-order chi connectivity index (χ1) is 62.2. The number of fused-ring (bicyclic) bond motifs is 12. The predicted octanol–water partition coefficient (Wildman–Crippen LogP) is 14.6. The molecule has 27 heteroatoms. The van der Waals surface area contributed by atoms with E-state index >= 15 is 0 Å². The average molecular weight is 1690 g/mol. The maximum Gasteiger partial charge on any atom is 0.337 e. The van der Waals surface area contributed by atoms with E-state index in [0.717, 1.165) is 215 Å². The van der Waals surface area contributed by atoms with Gasteiger partial charge in [0.2, 0.25) is 0 Å². The number of hydrogen-bond donors (Lipinski definition) is 4. The van der Waals surface area contributed by atoms with E-state index in [2.05, 4.69) is 188 Å². The standard InChI is InChI=1S/C26H29N5O.C25H30N6O.C25H28N6O.C23H22N4O3/c1-2-20-16-24-25(23(20)15-19(1)18-7-9-27-10-8-18)26(29-17-28-24)30-21-3-5-22(6-4-21)31-11-13-32-14-12-31;1-30-15-19(14-28-30)17-2-3-18-13-23-24(22(18)12-17)25(27-16-26-23)29-20-4-6-21(7-5-20)31-8-10-32-11-9-31;1-2-18-12-23-24(22(18)11-17(1)19-13-26-15-27-14-19)25(29-16-28-23)30-20-3-5-21(6-4-20)31-7-9-32-10-8-31;1-29-23(28)15-2-7-19-16(12-15)13-20-21(19)22(25-14-24-20)26-17-3-5-18(6-4-17)27-8-10-30-11-9-27/h1-2,7-10,15,17,21-22H,3-6,11-14,16H2,(H,28,29,30);2-3,12,14-16,20-21H,4-11,13H2,1H3,(H,26,27,29);1-2,11,13-16,20-21H,3-10,12H2,(H,28,29,30);2-7,12,14H,8-11,13H2,1H3,(H,24,25,26). The van der Waals surface area contributed by atoms with E-state index in [4.69, 9.17) is 33.7 Å². The minimum absolute atomic E-state index is 0.335. The fourth-order valence-corrected chi connectivity index (χ4v) is 20.6. The summed E-state index contributed by atoms with van der Waals surface area (Å²) in [4.78, 5) is 71.4. The number of nitrogens with zero attached hydrogens (tertiary/aromatic N) is 17. The summed E-state index contributed by atoms with van der Waals surface area (Å²) in [5, 5.41) is 19.2. The van der Waals surface area contributed by atoms with Gasteiger partial charge in [-0.25, -0.2) is 54.6 Å². The highest BCUT2D eigenvalue weighted by molar-refractivity contribution is 5.94. The summed E-state index contributed by atoms with van der Waals surface area (Å²) >= 11 is 0. The lowest BCUT2D eigenvalue weighted by atomic mass is 9.89. The highest BCUT2D eigenvalue weighted by Crippen LogP contribution is 2.47. The molecule has 4 N–H and O–H groups in total. The van der Waals surface area contributed by atoms with Crippen LogP contribution in [0.3, 0.4) is 0 Å². The Bertz CT molecular complexity index is 5620. The van der Waals surface area contributed by atoms with E-state index in [0.29, 0.717) is 48.2 Å². The van der Waals surface area contributed by atoms with Crippen molar-refractivity contribution in [2.24, 2.45) is 7.05 Å². The number of nitrogens with one attached hydrogen (secondary N) is 4. The zero-order chi connectivity index (χ0) is 84.7. The van der Waals surface area contributed by atoms with Crippen LogP contribution in [-0.4, -0.2) is 234 Å². The van der Waals surface area contributed by atoms with E-state index in [-0.39, 0.29) is 5.97 Å². The number of pyridine rings is 1. The van der Waals surface area contributed by atoms with E-state index in [1.54, 1.807) is 37.7 Å². The van der Waals surface area contributed by atoms with Crippen molar-refractivity contribution in [3.05, 3.63) is 229 Å². The number of aromatic nitrogens is 13. The first kappa shape index (κ1) is 82.3. The van der Waals surface area contributed by atoms with E-state index < -0.39 is 0 Å². The molecule has 27 nitrogen and oxygen atoms in total. The molecule has 126 heavy (non-hydrogen) atoms. The summed E-state index contributed by atoms with van der Waals surface area (Å²) in [5.41, 5.74) is 28.2. The highest BCUT2D eigenvalue weighted by Gasteiger charge is 2.36. The zero-order valence-electron chi connectivity index (χ0n) is 71.9. The molecule has 11 aliphatic rings. The Hall–Kier alpha value is -12.0. The predicted molar refractivity (Wildman–Crippen MR) is 488 cm³/mol. The van der Waals surface area contributed by atoms with E-state index in [1.165, 1.54) is 151 Å². The van der Waals surface area contributed by atoms with Gasteiger partial charge in [0.15, 0.2) is 0 Å². The van der Waals surface area contributed by atoms with Gasteiger partial charge < -0.3 is 49.9 Å². The van der Waals surface area contributed by atoms with Gasteiger partial charge in [-0.3, -0.25) is 24.4 Å². The molecule has 0 spiro atoms. The summed E-state index contributed by atoms with van der Waals surface area (Å²) in [6.07, 6.45) is 37.5. The van der Waals surface area contributed by atoms with Crippen molar-refractivity contribution in [2.45, 2.75) is 139 Å². The number of esters is 1. The number of anilines is 6. The van der Waals surface area contributed by atoms with E-state index in [9.17, 15) is 4.79 Å². The second-order valence-electron chi connectivity index (χ2n) is 34.8. The van der Waals surface area contributed by atoms with Crippen LogP contribution in [0.5, 0.6) is 0 Å². The number of aryl methyl sites for hydroxylation is 1. The number of carbonyl (C=O) groups excluding carboxylic acids is 1. The van der Waals surface area contributed by atoms with Crippen LogP contribution in [0, 0.1) is 0 Å². The van der Waals surface area contributed by atoms with Crippen molar-refractivity contribution in [1.29, 1.82) is 0 Å². The molecule has 0 unspecified atom stereocenters. The van der Waals surface area contributed by atoms with Gasteiger partial charge >= 0.3 is 5.97 Å². The first-order valence-corrected chi connectivity index (χ1v) is 45.2. The smallest absolute Gasteiger partial charge is 0.337 e. The molecule has 7 fully saturated rings. The van der Waals surface area contributed by atoms with Crippen LogP contribution < -0.4 is 26.2 Å². The van der Waals surface area contributed by atoms with Crippen LogP contribution in [0.15, 0.2) is 178 Å². The quantitative estimate of drug-likeness (QED) is 0.0654. The average Bonchev–Trinajstić information content (AvgIpc) is 1.62. The van der Waals surface area contributed by atoms with Crippen molar-refractivity contribution in [2.75, 3.05) is 138 Å². The van der Waals surface area contributed by atoms with Gasteiger partial charge in [0.25, 0.3) is 0 Å². The van der Waals surface area contributed by atoms with Crippen molar-refractivity contribution < 1.29 is 28.5 Å². The fourth-order valence-electron chi connectivity index (χ4n) is 20.6. The monoisotopic (exact) mass is 1690 g/mol. The summed E-state index contributed by atoms with van der Waals surface area (Å²) < 4.78 is 28.7. The van der Waals surface area contributed by atoms with Crippen molar-refractivity contribution >= 4 is 40.6 Å². The molecule has 646 valence electrons. The Labute approximate surface area is 735 Å². The third-order valence-corrected chi connectivity index (χ3v) is 27.3. The molecule has 7 aromatic heterocycles. The molecule has 0 bridgehead atoms. The molecule has 0 radical (unpaired) electrons. The van der Waals surface area contributed by atoms with Gasteiger partial charge in [0.05, 0.1) is 94.5 Å². The van der Waals surface area contributed by atoms with Crippen LogP contribution in [0.2, 0.25) is 0 Å². The maximum absolute atomic E-state index is 11.9. The summed E-state index contributed by atoms with van der Waals surface area (Å²) in [6, 6.07) is 41.6. The second-order valence-corrected chi connectivity index (χ2v) is 34.8. The second kappa shape index (κ2) is 38.1. The fraction of sp³-hybridized carbons (Fsp3) is 0.404. The van der Waals surface area contributed by atoms with Crippen LogP contribution in [0.1, 0.15) is 132 Å². The third kappa shape index (κ3) is 18.3. The van der Waals surface area contributed by atoms with Gasteiger partial charge in [0, 0.05) is 197 Å². The normalized spacial score (nSPS) is 21.0. The summed E-state index contributed by atoms with van der Waals surface area (Å²) in [7, 11) is 3.35. The molecule has 5 aromatic carbocycles. The molecule has 4 aliphatic heterocycles. The Kier molecular flexibility index (Phi) is 24.9. The van der Waals surface area contributed by atoms with Gasteiger partial charge in [-0.1, -0.05) is 42.5 Å². The minimum atomic E-state index is -0.335. The van der Waals surface area contributed by atoms with Crippen LogP contribution in [0.4, 0.5) is 34.6 Å². The lowest BCUT2D eigenvalue weighted by Crippen LogP contribution is -2.46. The van der Waals surface area contributed by atoms with Gasteiger partial charge in [0.1, 0.15) is 54.9 Å². The molecular weight excluding hydrogens is 1580 g/mol. The molecule has 23 rings (SSSR count). The molecular formula is C99H109N21O6. The molecule has 11 heterocycles. The third-order valence-electron chi connectivity index (χ3n) is 27.3. The molecule has 7 aliphatic carbocycles. The Morgan fingerprint density at radius 2 is 0.778 bits per heavy atom. The Morgan fingerprint density at radius 3 is 1.21 bits per heavy atom. The topological polar surface area (TPSA) is 284 Å². The van der Waals surface area contributed by atoms with Crippen molar-refractivity contribution in [1.82, 2.24) is 79.3 Å². The lowest BCUT2D eigenvalue weighted by Gasteiger charge is -2.39. The summed E-state index contributed by atoms with van der Waals surface area (Å²) in [5.74, 6) is 3.40. The summed E-state index contributed by atoms with van der Waals surface area (Å²) in [6.45, 7) is 15.1. The number of carbonyl (C=O) groups is 1. The number of rotatable bonds is 16. The molecule has 12 aromatic rings. The van der Waals surface area contributed by atoms with Gasteiger partial charge in [-0.15, -0.1) is 0 Å². The SMILES string of the molecule is COC(=O)c1ccc2c(c1)Cc1ncnc(Nc3ccc(N4CCOCC4)cc3)c1-2.Cn1cc(-c2ccc3c(c2)-c2c(ncnc2NC2CCC(N4CCOCC4)CC2)C3)cn1.c1cc(-c2ccc3c(c2)-c2c(ncnc2NC2CCC(N4CCOCC4)CC2)C3)ccn1.c1ncc(-c2ccc3c(c2)-c2c(ncnc2NC2CCC(N4CCOCC4)CC2)C3)cn1. The molecule has 0 atom stereocenters. The van der Waals surface area contributed by atoms with Crippen LogP contribution in [0.25, 0.3) is 77.9 Å². The lowest BCUT2D eigenvalue weighted by molar-refractivity contribution is 0.00788. The highest BCUT2D eigenvalue weighted by atomic mass is 16.5. The Morgan fingerprint density at radius 1 is 0.373 bits per heavy atom. The van der Waals surface area contributed by atoms with Crippen LogP contribution in [-0.2, 0) is 56.4 Å². The van der Waals surface area contributed by atoms with Crippen molar-refractivity contribution in [3.63, 3.8) is 0 Å². The van der Waals surface area contributed by atoms with Crippen LogP contribution >= 0.6 is 0 Å². The number of ether oxygens (including phenoxy) is 5. The largest absolute Gasteiger partial charge is 0.465 e. The van der Waals surface area contributed by atoms with Gasteiger partial charge in [-0.2, -0.15) is 5.10 Å². The van der Waals surface area contributed by atoms with Gasteiger partial charge in [-0.05, 0) is 211 Å². The number of hydrogen-bond acceptors (Lipinski definition) is 26. The Balaban J connectivity index is 0.000000106. The molecule has 4 saturated heterocycles. The zero-order valence-corrected chi connectivity index (χ0v) is 71.9. The maximum atomic E-state index is 11.9. The number of methoxy groups -OCH3 is 1. The molecule has 3 saturated carbocycles. The number of benzene rings is 5. The number of morpholine rings is 4. The minimum Gasteiger partial charge on any atom is -0.465 e. The van der Waals surface area contributed by atoms with E-state index in [1.807, 2.05) is 54.8 Å². The first-order valence-electron chi connectivity index (χ1n) is 45.2. The van der Waals surface area contributed by atoms with Crippen molar-refractivity contribution in [3.8, 4) is 77.9 Å². The molecule has 0 amide bonds.